The number of rotatable bonds is 9. The van der Waals surface area contributed by atoms with Gasteiger partial charge in [-0.05, 0) is 70.4 Å². The molecule has 7 nitrogen and oxygen atoms in total. The van der Waals surface area contributed by atoms with Crippen molar-refractivity contribution in [3.05, 3.63) is 83.9 Å². The molecule has 35 heavy (non-hydrogen) atoms. The first-order chi connectivity index (χ1) is 16.7. The minimum atomic E-state index is -3.87. The van der Waals surface area contributed by atoms with E-state index in [1.54, 1.807) is 53.4 Å². The molecule has 1 amide bonds. The van der Waals surface area contributed by atoms with E-state index >= 15 is 0 Å². The number of benzene rings is 3. The number of hydrogen-bond donors (Lipinski definition) is 1. The lowest BCUT2D eigenvalue weighted by Gasteiger charge is -2.22. The van der Waals surface area contributed by atoms with Crippen LogP contribution in [0.2, 0.25) is 0 Å². The molecule has 1 heterocycles. The summed E-state index contributed by atoms with van der Waals surface area (Å²) in [6, 6.07) is 21.0. The lowest BCUT2D eigenvalue weighted by atomic mass is 10.1. The SMILES string of the molecule is Cc1ccc(S(=O)(=O)Nc2ccccc2C(=O)N(CCCN(C)C)c2nc3ccccc3s2)cc1. The molecule has 0 saturated carbocycles. The number of anilines is 2. The molecule has 1 N–H and O–H groups in total. The van der Waals surface area contributed by atoms with Crippen molar-refractivity contribution in [3.8, 4) is 0 Å². The molecule has 1 aromatic heterocycles. The van der Waals surface area contributed by atoms with Crippen LogP contribution in [0.4, 0.5) is 10.8 Å². The summed E-state index contributed by atoms with van der Waals surface area (Å²) in [6.07, 6.45) is 0.742. The van der Waals surface area contributed by atoms with Gasteiger partial charge in [-0.25, -0.2) is 13.4 Å². The topological polar surface area (TPSA) is 82.6 Å². The van der Waals surface area contributed by atoms with Crippen LogP contribution < -0.4 is 9.62 Å². The van der Waals surface area contributed by atoms with Crippen LogP contribution in [-0.2, 0) is 10.0 Å². The zero-order valence-corrected chi connectivity index (χ0v) is 21.6. The molecule has 0 atom stereocenters. The van der Waals surface area contributed by atoms with E-state index in [0.29, 0.717) is 11.7 Å². The van der Waals surface area contributed by atoms with Crippen LogP contribution in [-0.4, -0.2) is 51.4 Å². The Hall–Kier alpha value is -3.27. The highest BCUT2D eigenvalue weighted by Gasteiger charge is 2.25. The average molecular weight is 509 g/mol. The van der Waals surface area contributed by atoms with E-state index in [9.17, 15) is 13.2 Å². The highest BCUT2D eigenvalue weighted by atomic mass is 32.2. The largest absolute Gasteiger partial charge is 0.309 e. The van der Waals surface area contributed by atoms with Crippen LogP contribution in [0.3, 0.4) is 0 Å². The lowest BCUT2D eigenvalue weighted by Crippen LogP contribution is -2.34. The fourth-order valence-corrected chi connectivity index (χ4v) is 5.70. The molecular weight excluding hydrogens is 480 g/mol. The van der Waals surface area contributed by atoms with E-state index < -0.39 is 10.0 Å². The van der Waals surface area contributed by atoms with Crippen molar-refractivity contribution in [1.82, 2.24) is 9.88 Å². The van der Waals surface area contributed by atoms with Crippen molar-refractivity contribution in [2.75, 3.05) is 36.8 Å². The zero-order chi connectivity index (χ0) is 25.0. The summed E-state index contributed by atoms with van der Waals surface area (Å²) in [4.78, 5) is 22.4. The van der Waals surface area contributed by atoms with Crippen LogP contribution >= 0.6 is 11.3 Å². The van der Waals surface area contributed by atoms with Gasteiger partial charge < -0.3 is 4.90 Å². The molecule has 0 aliphatic carbocycles. The van der Waals surface area contributed by atoms with E-state index in [0.717, 1.165) is 28.7 Å². The van der Waals surface area contributed by atoms with Gasteiger partial charge in [0.1, 0.15) is 0 Å². The van der Waals surface area contributed by atoms with Gasteiger partial charge in [-0.15, -0.1) is 0 Å². The van der Waals surface area contributed by atoms with E-state index in [1.165, 1.54) is 11.3 Å². The van der Waals surface area contributed by atoms with Gasteiger partial charge in [0, 0.05) is 6.54 Å². The number of para-hydroxylation sites is 2. The number of carbonyl (C=O) groups is 1. The summed E-state index contributed by atoms with van der Waals surface area (Å²) < 4.78 is 29.7. The first-order valence-corrected chi connectivity index (χ1v) is 13.6. The molecule has 0 aliphatic heterocycles. The number of fused-ring (bicyclic) bond motifs is 1. The standard InChI is InChI=1S/C26H28N4O3S2/c1-19-13-15-20(16-14-19)35(32,33)28-22-10-5-4-9-21(22)25(31)30(18-8-17-29(2)3)26-27-23-11-6-7-12-24(23)34-26/h4-7,9-16,28H,8,17-18H2,1-3H3. The second-order valence-electron chi connectivity index (χ2n) is 8.54. The Labute approximate surface area is 210 Å². The van der Waals surface area contributed by atoms with Crippen LogP contribution in [0.1, 0.15) is 22.3 Å². The minimum Gasteiger partial charge on any atom is -0.309 e. The van der Waals surface area contributed by atoms with Crippen LogP contribution in [0.25, 0.3) is 10.2 Å². The number of nitrogens with one attached hydrogen (secondary N) is 1. The molecule has 0 aliphatic rings. The molecule has 3 aromatic carbocycles. The minimum absolute atomic E-state index is 0.138. The highest BCUT2D eigenvalue weighted by Crippen LogP contribution is 2.31. The molecule has 0 fully saturated rings. The van der Waals surface area contributed by atoms with Gasteiger partial charge in [-0.1, -0.05) is 53.3 Å². The van der Waals surface area contributed by atoms with Gasteiger partial charge >= 0.3 is 0 Å². The monoisotopic (exact) mass is 508 g/mol. The van der Waals surface area contributed by atoms with Gasteiger partial charge in [0.25, 0.3) is 15.9 Å². The Morgan fingerprint density at radius 1 is 0.943 bits per heavy atom. The number of hydrogen-bond acceptors (Lipinski definition) is 6. The third-order valence-electron chi connectivity index (χ3n) is 5.48. The first kappa shape index (κ1) is 24.8. The van der Waals surface area contributed by atoms with Crippen molar-refractivity contribution in [2.24, 2.45) is 0 Å². The lowest BCUT2D eigenvalue weighted by molar-refractivity contribution is 0.0987. The molecule has 0 spiro atoms. The van der Waals surface area contributed by atoms with Crippen molar-refractivity contribution in [1.29, 1.82) is 0 Å². The van der Waals surface area contributed by atoms with Crippen LogP contribution in [0.5, 0.6) is 0 Å². The molecule has 9 heteroatoms. The van der Waals surface area contributed by atoms with E-state index in [-0.39, 0.29) is 22.1 Å². The quantitative estimate of drug-likeness (QED) is 0.344. The van der Waals surface area contributed by atoms with E-state index in [1.807, 2.05) is 45.3 Å². The molecule has 0 radical (unpaired) electrons. The van der Waals surface area contributed by atoms with E-state index in [4.69, 9.17) is 0 Å². The summed E-state index contributed by atoms with van der Waals surface area (Å²) in [5.41, 5.74) is 2.29. The van der Waals surface area contributed by atoms with Gasteiger partial charge in [-0.3, -0.25) is 14.4 Å². The van der Waals surface area contributed by atoms with Gasteiger partial charge in [-0.2, -0.15) is 0 Å². The number of amides is 1. The number of nitrogens with zero attached hydrogens (tertiary/aromatic N) is 3. The van der Waals surface area contributed by atoms with Gasteiger partial charge in [0.15, 0.2) is 5.13 Å². The second kappa shape index (κ2) is 10.6. The Morgan fingerprint density at radius 2 is 1.63 bits per heavy atom. The van der Waals surface area contributed by atoms with Gasteiger partial charge in [0.2, 0.25) is 0 Å². The predicted molar refractivity (Wildman–Crippen MR) is 143 cm³/mol. The van der Waals surface area contributed by atoms with E-state index in [2.05, 4.69) is 14.6 Å². The molecule has 182 valence electrons. The first-order valence-electron chi connectivity index (χ1n) is 11.3. The fourth-order valence-electron chi connectivity index (χ4n) is 3.63. The van der Waals surface area contributed by atoms with Crippen molar-refractivity contribution in [2.45, 2.75) is 18.2 Å². The maximum atomic E-state index is 13.8. The van der Waals surface area contributed by atoms with Crippen molar-refractivity contribution < 1.29 is 13.2 Å². The molecule has 4 aromatic rings. The summed E-state index contributed by atoms with van der Waals surface area (Å²) in [7, 11) is 0.105. The summed E-state index contributed by atoms with van der Waals surface area (Å²) >= 11 is 1.45. The summed E-state index contributed by atoms with van der Waals surface area (Å²) in [5, 5.41) is 0.589. The smallest absolute Gasteiger partial charge is 0.262 e. The Balaban J connectivity index is 1.68. The molecule has 0 saturated heterocycles. The van der Waals surface area contributed by atoms with Crippen LogP contribution in [0, 0.1) is 6.92 Å². The Bertz CT molecular complexity index is 1400. The van der Waals surface area contributed by atoms with Crippen molar-refractivity contribution >= 4 is 48.3 Å². The second-order valence-corrected chi connectivity index (χ2v) is 11.2. The third-order valence-corrected chi connectivity index (χ3v) is 7.92. The Kier molecular flexibility index (Phi) is 7.49. The summed E-state index contributed by atoms with van der Waals surface area (Å²) in [5.74, 6) is -0.301. The molecular formula is C26H28N4O3S2. The number of aryl methyl sites for hydroxylation is 1. The third kappa shape index (κ3) is 5.87. The van der Waals surface area contributed by atoms with Crippen molar-refractivity contribution in [3.63, 3.8) is 0 Å². The zero-order valence-electron chi connectivity index (χ0n) is 19.9. The van der Waals surface area contributed by atoms with Gasteiger partial charge in [0.05, 0.1) is 26.4 Å². The number of sulfonamides is 1. The molecule has 4 rings (SSSR count). The number of thiazole rings is 1. The molecule has 0 unspecified atom stereocenters. The van der Waals surface area contributed by atoms with Crippen LogP contribution in [0.15, 0.2) is 77.7 Å². The predicted octanol–water partition coefficient (Wildman–Crippen LogP) is 5.00. The highest BCUT2D eigenvalue weighted by molar-refractivity contribution is 7.92. The Morgan fingerprint density at radius 3 is 2.34 bits per heavy atom. The maximum absolute atomic E-state index is 13.8. The normalized spacial score (nSPS) is 11.7. The summed E-state index contributed by atoms with van der Waals surface area (Å²) in [6.45, 7) is 3.15. The number of carbonyl (C=O) groups excluding carboxylic acids is 1. The molecule has 0 bridgehead atoms. The number of aromatic nitrogens is 1. The average Bonchev–Trinajstić information content (AvgIpc) is 3.25. The fraction of sp³-hybridized carbons (Fsp3) is 0.231. The maximum Gasteiger partial charge on any atom is 0.262 e.